The Morgan fingerprint density at radius 3 is 2.00 bits per heavy atom. The molecule has 0 saturated heterocycles. The molecule has 3 rings (SSSR count). The highest BCUT2D eigenvalue weighted by molar-refractivity contribution is 5.38. The zero-order chi connectivity index (χ0) is 22.4. The molecule has 0 spiro atoms. The predicted octanol–water partition coefficient (Wildman–Crippen LogP) is 8.85. The number of aryl methyl sites for hydroxylation is 1. The summed E-state index contributed by atoms with van der Waals surface area (Å²) in [5.41, 5.74) is 2.43. The minimum atomic E-state index is -0.280. The highest BCUT2D eigenvalue weighted by Gasteiger charge is 2.23. The van der Waals surface area contributed by atoms with Crippen molar-refractivity contribution >= 4 is 0 Å². The van der Waals surface area contributed by atoms with Gasteiger partial charge < -0.3 is 9.47 Å². The maximum Gasteiger partial charge on any atom is 0.127 e. The Morgan fingerprint density at radius 2 is 1.57 bits per heavy atom. The molecule has 0 bridgehead atoms. The lowest BCUT2D eigenvalue weighted by atomic mass is 9.79. The van der Waals surface area contributed by atoms with Crippen molar-refractivity contribution in [3.05, 3.63) is 29.3 Å². The molecule has 0 aromatic heterocycles. The molecule has 0 unspecified atom stereocenters. The van der Waals surface area contributed by atoms with Crippen molar-refractivity contribution in [3.63, 3.8) is 0 Å². The standard InChI is InChI=1S/C18H28O2.C7H14.C3H8/c1-5-11-19-13-18(3,4)20-17-10-9-16(12-14(17)2)15-7-6-8-15;1-7-5-3-2-4-6-7;1-3-2/h9-10,12,15H,5-8,11,13H2,1-4H3;7H,2-6H2,1H3;3H2,1-2H3. The maximum atomic E-state index is 6.14. The minimum absolute atomic E-state index is 0.280. The molecule has 0 heterocycles. The predicted molar refractivity (Wildman–Crippen MR) is 132 cm³/mol. The van der Waals surface area contributed by atoms with Gasteiger partial charge in [0.1, 0.15) is 11.4 Å². The summed E-state index contributed by atoms with van der Waals surface area (Å²) < 4.78 is 11.8. The monoisotopic (exact) mass is 418 g/mol. The Balaban J connectivity index is 0.000000372. The molecule has 2 fully saturated rings. The summed E-state index contributed by atoms with van der Waals surface area (Å²) in [6.45, 7) is 16.5. The first kappa shape index (κ1) is 27.0. The molecule has 1 aromatic rings. The van der Waals surface area contributed by atoms with Gasteiger partial charge in [0.15, 0.2) is 0 Å². The zero-order valence-corrected chi connectivity index (χ0v) is 21.2. The van der Waals surface area contributed by atoms with Gasteiger partial charge in [0.25, 0.3) is 0 Å². The van der Waals surface area contributed by atoms with E-state index in [1.54, 1.807) is 0 Å². The summed E-state index contributed by atoms with van der Waals surface area (Å²) in [6.07, 6.45) is 13.8. The van der Waals surface area contributed by atoms with Gasteiger partial charge in [0.05, 0.1) is 6.61 Å². The van der Waals surface area contributed by atoms with Crippen LogP contribution in [0.5, 0.6) is 5.75 Å². The van der Waals surface area contributed by atoms with E-state index in [2.05, 4.69) is 66.7 Å². The molecule has 2 aliphatic rings. The average Bonchev–Trinajstić information content (AvgIpc) is 2.64. The van der Waals surface area contributed by atoms with E-state index in [0.29, 0.717) is 6.61 Å². The van der Waals surface area contributed by atoms with Crippen LogP contribution >= 0.6 is 0 Å². The summed E-state index contributed by atoms with van der Waals surface area (Å²) in [5.74, 6) is 2.80. The third kappa shape index (κ3) is 10.8. The van der Waals surface area contributed by atoms with E-state index in [4.69, 9.17) is 9.47 Å². The largest absolute Gasteiger partial charge is 0.485 e. The molecular weight excluding hydrogens is 368 g/mol. The third-order valence-corrected chi connectivity index (χ3v) is 5.85. The van der Waals surface area contributed by atoms with E-state index in [1.807, 2.05) is 0 Å². The van der Waals surface area contributed by atoms with Crippen LogP contribution in [0.25, 0.3) is 0 Å². The van der Waals surface area contributed by atoms with Crippen molar-refractivity contribution < 1.29 is 9.47 Å². The zero-order valence-electron chi connectivity index (χ0n) is 21.2. The average molecular weight is 419 g/mol. The smallest absolute Gasteiger partial charge is 0.127 e. The molecule has 0 N–H and O–H groups in total. The van der Waals surface area contributed by atoms with Gasteiger partial charge in [-0.25, -0.2) is 0 Å². The summed E-state index contributed by atoms with van der Waals surface area (Å²) in [7, 11) is 0. The number of hydrogen-bond donors (Lipinski definition) is 0. The van der Waals surface area contributed by atoms with Crippen molar-refractivity contribution in [1.82, 2.24) is 0 Å². The van der Waals surface area contributed by atoms with E-state index >= 15 is 0 Å². The quantitative estimate of drug-likeness (QED) is 0.412. The highest BCUT2D eigenvalue weighted by Crippen LogP contribution is 2.38. The number of benzene rings is 1. The van der Waals surface area contributed by atoms with Crippen molar-refractivity contribution in [2.75, 3.05) is 13.2 Å². The number of rotatable bonds is 7. The van der Waals surface area contributed by atoms with Gasteiger partial charge in [0, 0.05) is 6.61 Å². The molecule has 0 radical (unpaired) electrons. The lowest BCUT2D eigenvalue weighted by Crippen LogP contribution is -2.34. The van der Waals surface area contributed by atoms with E-state index < -0.39 is 0 Å². The molecular formula is C28H50O2. The van der Waals surface area contributed by atoms with E-state index in [0.717, 1.165) is 30.6 Å². The van der Waals surface area contributed by atoms with Crippen LogP contribution in [0.15, 0.2) is 18.2 Å². The van der Waals surface area contributed by atoms with Crippen LogP contribution in [-0.2, 0) is 4.74 Å². The van der Waals surface area contributed by atoms with Crippen LogP contribution in [0.4, 0.5) is 0 Å². The second-order valence-corrected chi connectivity index (χ2v) is 10.0. The summed E-state index contributed by atoms with van der Waals surface area (Å²) in [4.78, 5) is 0. The molecule has 0 atom stereocenters. The summed E-state index contributed by atoms with van der Waals surface area (Å²) >= 11 is 0. The van der Waals surface area contributed by atoms with Crippen LogP contribution in [0.1, 0.15) is 123 Å². The topological polar surface area (TPSA) is 18.5 Å². The van der Waals surface area contributed by atoms with Crippen LogP contribution in [0, 0.1) is 12.8 Å². The van der Waals surface area contributed by atoms with Crippen molar-refractivity contribution in [1.29, 1.82) is 0 Å². The van der Waals surface area contributed by atoms with Crippen LogP contribution < -0.4 is 4.74 Å². The fourth-order valence-corrected chi connectivity index (χ4v) is 3.88. The lowest BCUT2D eigenvalue weighted by molar-refractivity contribution is -0.00338. The fraction of sp³-hybridized carbons (Fsp3) is 0.786. The Bertz CT molecular complexity index is 554. The fourth-order valence-electron chi connectivity index (χ4n) is 3.88. The molecule has 30 heavy (non-hydrogen) atoms. The first-order valence-electron chi connectivity index (χ1n) is 12.7. The van der Waals surface area contributed by atoms with Gasteiger partial charge >= 0.3 is 0 Å². The molecule has 0 aliphatic heterocycles. The third-order valence-electron chi connectivity index (χ3n) is 5.85. The SMILES string of the molecule is CC1CCCCC1.CCC.CCCOCC(C)(C)Oc1ccc(C2CCC2)cc1C. The first-order valence-corrected chi connectivity index (χ1v) is 12.7. The molecule has 0 amide bonds. The number of hydrogen-bond acceptors (Lipinski definition) is 2. The van der Waals surface area contributed by atoms with E-state index in [1.165, 1.54) is 68.9 Å². The Morgan fingerprint density at radius 1 is 0.933 bits per heavy atom. The van der Waals surface area contributed by atoms with Crippen molar-refractivity contribution in [3.8, 4) is 5.75 Å². The number of ether oxygens (including phenoxy) is 2. The van der Waals surface area contributed by atoms with Gasteiger partial charge in [-0.2, -0.15) is 0 Å². The molecule has 2 nitrogen and oxygen atoms in total. The lowest BCUT2D eigenvalue weighted by Gasteiger charge is -2.29. The summed E-state index contributed by atoms with van der Waals surface area (Å²) in [6, 6.07) is 6.65. The maximum absolute atomic E-state index is 6.14. The second kappa shape index (κ2) is 14.9. The minimum Gasteiger partial charge on any atom is -0.485 e. The molecule has 174 valence electrons. The molecule has 2 heteroatoms. The van der Waals surface area contributed by atoms with Gasteiger partial charge in [-0.3, -0.25) is 0 Å². The second-order valence-electron chi connectivity index (χ2n) is 10.0. The Labute approximate surface area is 188 Å². The van der Waals surface area contributed by atoms with Crippen LogP contribution in [-0.4, -0.2) is 18.8 Å². The van der Waals surface area contributed by atoms with Crippen molar-refractivity contribution in [2.45, 2.75) is 124 Å². The van der Waals surface area contributed by atoms with E-state index in [9.17, 15) is 0 Å². The van der Waals surface area contributed by atoms with Gasteiger partial charge in [0.2, 0.25) is 0 Å². The Hall–Kier alpha value is -1.02. The summed E-state index contributed by atoms with van der Waals surface area (Å²) in [5, 5.41) is 0. The van der Waals surface area contributed by atoms with Gasteiger partial charge in [-0.05, 0) is 69.1 Å². The van der Waals surface area contributed by atoms with Crippen LogP contribution in [0.2, 0.25) is 0 Å². The van der Waals surface area contributed by atoms with E-state index in [-0.39, 0.29) is 5.60 Å². The molecule has 2 aliphatic carbocycles. The van der Waals surface area contributed by atoms with Crippen LogP contribution in [0.3, 0.4) is 0 Å². The van der Waals surface area contributed by atoms with Gasteiger partial charge in [-0.1, -0.05) is 84.8 Å². The normalized spacial score (nSPS) is 17.2. The van der Waals surface area contributed by atoms with Crippen molar-refractivity contribution in [2.24, 2.45) is 5.92 Å². The molecule has 1 aromatic carbocycles. The highest BCUT2D eigenvalue weighted by atomic mass is 16.5. The molecule has 2 saturated carbocycles. The first-order chi connectivity index (χ1) is 14.3. The Kier molecular flexibility index (Phi) is 13.4. The van der Waals surface area contributed by atoms with Gasteiger partial charge in [-0.15, -0.1) is 0 Å².